The summed E-state index contributed by atoms with van der Waals surface area (Å²) in [6.07, 6.45) is 0. The van der Waals surface area contributed by atoms with Crippen LogP contribution in [0.3, 0.4) is 0 Å². The van der Waals surface area contributed by atoms with E-state index < -0.39 is 0 Å². The lowest BCUT2D eigenvalue weighted by molar-refractivity contribution is 0.669. The summed E-state index contributed by atoms with van der Waals surface area (Å²) >= 11 is 1.87. The third kappa shape index (κ3) is 5.48. The first kappa shape index (κ1) is 31.6. The smallest absolute Gasteiger partial charge is 0.136 e. The zero-order valence-corrected chi connectivity index (χ0v) is 30.6. The van der Waals surface area contributed by atoms with E-state index in [-0.39, 0.29) is 0 Å². The zero-order valence-electron chi connectivity index (χ0n) is 29.8. The van der Waals surface area contributed by atoms with E-state index >= 15 is 0 Å². The van der Waals surface area contributed by atoms with E-state index in [0.29, 0.717) is 0 Å². The van der Waals surface area contributed by atoms with Crippen LogP contribution in [-0.2, 0) is 0 Å². The fourth-order valence-electron chi connectivity index (χ4n) is 8.14. The van der Waals surface area contributed by atoms with Crippen LogP contribution in [0.5, 0.6) is 0 Å². The van der Waals surface area contributed by atoms with Crippen molar-refractivity contribution in [3.8, 4) is 33.4 Å². The molecule has 9 aromatic carbocycles. The molecule has 11 aromatic rings. The van der Waals surface area contributed by atoms with Gasteiger partial charge in [0.05, 0.1) is 0 Å². The van der Waals surface area contributed by atoms with Crippen LogP contribution in [-0.4, -0.2) is 0 Å². The molecule has 11 rings (SSSR count). The molecule has 0 unspecified atom stereocenters. The van der Waals surface area contributed by atoms with Crippen LogP contribution in [0.4, 0.5) is 17.1 Å². The highest BCUT2D eigenvalue weighted by Gasteiger charge is 2.17. The van der Waals surface area contributed by atoms with Gasteiger partial charge < -0.3 is 9.32 Å². The average molecular weight is 720 g/mol. The number of fused-ring (bicyclic) bond motifs is 7. The second-order valence-electron chi connectivity index (χ2n) is 14.1. The molecular formula is C52H33NOS. The lowest BCUT2D eigenvalue weighted by Gasteiger charge is -2.27. The van der Waals surface area contributed by atoms with E-state index in [1.807, 2.05) is 23.5 Å². The van der Waals surface area contributed by atoms with Crippen LogP contribution in [0.2, 0.25) is 0 Å². The maximum Gasteiger partial charge on any atom is 0.136 e. The Hall–Kier alpha value is -6.94. The highest BCUT2D eigenvalue weighted by atomic mass is 32.1. The molecule has 2 heterocycles. The number of anilines is 3. The van der Waals surface area contributed by atoms with Crippen molar-refractivity contribution in [2.24, 2.45) is 0 Å². The van der Waals surface area contributed by atoms with Crippen molar-refractivity contribution >= 4 is 81.3 Å². The van der Waals surface area contributed by atoms with Crippen LogP contribution in [0.1, 0.15) is 0 Å². The van der Waals surface area contributed by atoms with Gasteiger partial charge in [0.25, 0.3) is 0 Å². The predicted octanol–water partition coefficient (Wildman–Crippen LogP) is 15.6. The SMILES string of the molecule is c1cc(-c2ccc3ccccc3c2)cc(N(c2ccc(-c3ccc4c(c3)oc3ccccc34)cc2)c2cccc(-c3cccc4c3sc3ccccc34)c2)c1. The lowest BCUT2D eigenvalue weighted by Crippen LogP contribution is -2.10. The van der Waals surface area contributed by atoms with Crippen LogP contribution >= 0.6 is 11.3 Å². The fraction of sp³-hybridized carbons (Fsp3) is 0. The Balaban J connectivity index is 1.03. The number of rotatable bonds is 6. The molecule has 2 nitrogen and oxygen atoms in total. The number of nitrogens with zero attached hydrogens (tertiary/aromatic N) is 1. The lowest BCUT2D eigenvalue weighted by atomic mass is 9.99. The molecule has 3 heteroatoms. The topological polar surface area (TPSA) is 16.4 Å². The molecule has 0 fully saturated rings. The van der Waals surface area contributed by atoms with Gasteiger partial charge in [0.15, 0.2) is 0 Å². The Kier molecular flexibility index (Phi) is 7.39. The van der Waals surface area contributed by atoms with Gasteiger partial charge in [0, 0.05) is 48.0 Å². The van der Waals surface area contributed by atoms with Gasteiger partial charge in [-0.2, -0.15) is 0 Å². The first-order chi connectivity index (χ1) is 27.2. The molecule has 0 aliphatic carbocycles. The van der Waals surface area contributed by atoms with Gasteiger partial charge in [-0.3, -0.25) is 0 Å². The van der Waals surface area contributed by atoms with Gasteiger partial charge in [0.2, 0.25) is 0 Å². The summed E-state index contributed by atoms with van der Waals surface area (Å²) in [6.45, 7) is 0. The summed E-state index contributed by atoms with van der Waals surface area (Å²) in [5.41, 5.74) is 12.2. The fourth-order valence-corrected chi connectivity index (χ4v) is 9.37. The molecule has 0 aliphatic heterocycles. The maximum absolute atomic E-state index is 6.25. The van der Waals surface area contributed by atoms with Gasteiger partial charge in [-0.1, -0.05) is 133 Å². The molecule has 0 atom stereocenters. The van der Waals surface area contributed by atoms with E-state index in [1.165, 1.54) is 53.2 Å². The number of benzene rings is 9. The number of thiophene rings is 1. The van der Waals surface area contributed by atoms with Crippen LogP contribution in [0, 0.1) is 0 Å². The molecule has 0 radical (unpaired) electrons. The van der Waals surface area contributed by atoms with Gasteiger partial charge in [-0.05, 0) is 111 Å². The standard InChI is InChI=1S/C52H33NOS/c1-2-11-36-30-38(23-22-34(36)10-1)37-12-7-14-42(31-37)53(41-27-24-35(25-28-41)39-26-29-46-45-16-3-5-20-49(45)54-50(46)33-39)43-15-8-13-40(32-43)44-18-9-19-48-47-17-4-6-21-51(47)55-52(44)48/h1-33H. The first-order valence-corrected chi connectivity index (χ1v) is 19.5. The van der Waals surface area contributed by atoms with Crippen molar-refractivity contribution in [2.45, 2.75) is 0 Å². The Morgan fingerprint density at radius 1 is 0.345 bits per heavy atom. The summed E-state index contributed by atoms with van der Waals surface area (Å²) in [7, 11) is 0. The monoisotopic (exact) mass is 719 g/mol. The molecule has 0 bridgehead atoms. The van der Waals surface area contributed by atoms with E-state index in [1.54, 1.807) is 0 Å². The number of hydrogen-bond donors (Lipinski definition) is 0. The van der Waals surface area contributed by atoms with Gasteiger partial charge >= 0.3 is 0 Å². The Bertz CT molecular complexity index is 3220. The second-order valence-corrected chi connectivity index (χ2v) is 15.2. The largest absolute Gasteiger partial charge is 0.456 e. The second kappa shape index (κ2) is 12.9. The Labute approximate surface area is 322 Å². The number of furan rings is 1. The quantitative estimate of drug-likeness (QED) is 0.170. The van der Waals surface area contributed by atoms with Gasteiger partial charge in [0.1, 0.15) is 11.2 Å². The van der Waals surface area contributed by atoms with Crippen LogP contribution in [0.25, 0.3) is 86.3 Å². The van der Waals surface area contributed by atoms with E-state index in [4.69, 9.17) is 4.42 Å². The predicted molar refractivity (Wildman–Crippen MR) is 235 cm³/mol. The summed E-state index contributed by atoms with van der Waals surface area (Å²) in [4.78, 5) is 2.38. The van der Waals surface area contributed by atoms with E-state index in [2.05, 4.69) is 193 Å². The molecule has 0 aliphatic rings. The van der Waals surface area contributed by atoms with Crippen molar-refractivity contribution in [2.75, 3.05) is 4.90 Å². The minimum atomic E-state index is 0.903. The minimum absolute atomic E-state index is 0.903. The van der Waals surface area contributed by atoms with Crippen molar-refractivity contribution in [3.63, 3.8) is 0 Å². The molecule has 0 amide bonds. The maximum atomic E-state index is 6.25. The third-order valence-electron chi connectivity index (χ3n) is 10.8. The number of para-hydroxylation sites is 1. The molecule has 0 N–H and O–H groups in total. The zero-order chi connectivity index (χ0) is 36.3. The van der Waals surface area contributed by atoms with Crippen LogP contribution in [0.15, 0.2) is 205 Å². The molecule has 2 aromatic heterocycles. The molecular weight excluding hydrogens is 687 g/mol. The van der Waals surface area contributed by atoms with Gasteiger partial charge in [-0.25, -0.2) is 0 Å². The van der Waals surface area contributed by atoms with Crippen molar-refractivity contribution < 1.29 is 4.42 Å². The summed E-state index contributed by atoms with van der Waals surface area (Å²) in [6, 6.07) is 72.3. The molecule has 258 valence electrons. The van der Waals surface area contributed by atoms with Crippen molar-refractivity contribution in [1.82, 2.24) is 0 Å². The van der Waals surface area contributed by atoms with Crippen molar-refractivity contribution in [1.29, 1.82) is 0 Å². The Morgan fingerprint density at radius 3 is 1.84 bits per heavy atom. The summed E-state index contributed by atoms with van der Waals surface area (Å²) in [5, 5.41) is 7.38. The minimum Gasteiger partial charge on any atom is -0.456 e. The summed E-state index contributed by atoms with van der Waals surface area (Å²) < 4.78 is 8.88. The highest BCUT2D eigenvalue weighted by Crippen LogP contribution is 2.43. The first-order valence-electron chi connectivity index (χ1n) is 18.7. The third-order valence-corrected chi connectivity index (χ3v) is 12.1. The highest BCUT2D eigenvalue weighted by molar-refractivity contribution is 7.26. The average Bonchev–Trinajstić information content (AvgIpc) is 3.82. The van der Waals surface area contributed by atoms with Crippen LogP contribution < -0.4 is 4.90 Å². The van der Waals surface area contributed by atoms with E-state index in [9.17, 15) is 0 Å². The van der Waals surface area contributed by atoms with Gasteiger partial charge in [-0.15, -0.1) is 11.3 Å². The van der Waals surface area contributed by atoms with Crippen molar-refractivity contribution in [3.05, 3.63) is 200 Å². The molecule has 0 saturated heterocycles. The molecule has 55 heavy (non-hydrogen) atoms. The number of hydrogen-bond acceptors (Lipinski definition) is 3. The molecule has 0 spiro atoms. The Morgan fingerprint density at radius 2 is 0.964 bits per heavy atom. The molecule has 0 saturated carbocycles. The summed E-state index contributed by atoms with van der Waals surface area (Å²) in [5.74, 6) is 0. The van der Waals surface area contributed by atoms with E-state index in [0.717, 1.165) is 50.1 Å². The normalized spacial score (nSPS) is 11.6.